The molecule has 6 heteroatoms. The number of unbranched alkanes of at least 4 members (excludes halogenated alkanes) is 5. The predicted molar refractivity (Wildman–Crippen MR) is 109 cm³/mol. The fourth-order valence-corrected chi connectivity index (χ4v) is 4.29. The van der Waals surface area contributed by atoms with Crippen LogP contribution in [0, 0.1) is 0 Å². The van der Waals surface area contributed by atoms with Gasteiger partial charge in [0.25, 0.3) is 5.91 Å². The Bertz CT molecular complexity index is 684. The molecule has 3 rings (SSSR count). The Labute approximate surface area is 166 Å². The van der Waals surface area contributed by atoms with Gasteiger partial charge in [-0.25, -0.2) is 0 Å². The Kier molecular flexibility index (Phi) is 6.64. The first-order chi connectivity index (χ1) is 13.0. The molecular formula is C21H30ClN3O2. The van der Waals surface area contributed by atoms with Crippen molar-refractivity contribution in [2.24, 2.45) is 0 Å². The van der Waals surface area contributed by atoms with Crippen molar-refractivity contribution in [1.82, 2.24) is 10.2 Å². The van der Waals surface area contributed by atoms with Crippen LogP contribution in [0.4, 0.5) is 5.69 Å². The third-order valence-corrected chi connectivity index (χ3v) is 6.00. The van der Waals surface area contributed by atoms with Crippen LogP contribution in [-0.2, 0) is 4.79 Å². The van der Waals surface area contributed by atoms with Crippen LogP contribution < -0.4 is 10.6 Å². The van der Waals surface area contributed by atoms with Crippen LogP contribution in [0.3, 0.4) is 0 Å². The Morgan fingerprint density at radius 2 is 1.81 bits per heavy atom. The zero-order valence-corrected chi connectivity index (χ0v) is 16.9. The average molecular weight is 392 g/mol. The number of carbonyl (C=O) groups is 2. The quantitative estimate of drug-likeness (QED) is 0.669. The van der Waals surface area contributed by atoms with Crippen LogP contribution in [-0.4, -0.2) is 35.5 Å². The molecule has 2 amide bonds. The molecule has 0 aromatic heterocycles. The molecule has 27 heavy (non-hydrogen) atoms. The van der Waals surface area contributed by atoms with Gasteiger partial charge in [0.1, 0.15) is 5.66 Å². The minimum atomic E-state index is -0.480. The van der Waals surface area contributed by atoms with Crippen molar-refractivity contribution in [3.8, 4) is 0 Å². The van der Waals surface area contributed by atoms with Gasteiger partial charge in [-0.2, -0.15) is 0 Å². The van der Waals surface area contributed by atoms with E-state index in [1.165, 1.54) is 25.7 Å². The monoisotopic (exact) mass is 391 g/mol. The molecule has 0 unspecified atom stereocenters. The number of nitrogens with one attached hydrogen (secondary N) is 2. The number of hydrogen-bond donors (Lipinski definition) is 2. The standard InChI is InChI=1S/C21H30ClN3O2/c1-2-3-4-5-6-7-11-18(26)25-14-12-21(13-15-25)23-17-10-8-9-16(22)19(17)20(27)24-21/h8-10,23H,2-7,11-15H2,1H3,(H,24,27). The summed E-state index contributed by atoms with van der Waals surface area (Å²) < 4.78 is 0. The lowest BCUT2D eigenvalue weighted by Crippen LogP contribution is -2.62. The maximum Gasteiger partial charge on any atom is 0.256 e. The van der Waals surface area contributed by atoms with E-state index in [9.17, 15) is 9.59 Å². The third kappa shape index (κ3) is 4.75. The van der Waals surface area contributed by atoms with Gasteiger partial charge in [-0.15, -0.1) is 0 Å². The molecule has 1 aromatic rings. The lowest BCUT2D eigenvalue weighted by Gasteiger charge is -2.46. The van der Waals surface area contributed by atoms with Gasteiger partial charge < -0.3 is 15.5 Å². The van der Waals surface area contributed by atoms with E-state index in [1.54, 1.807) is 6.07 Å². The fraction of sp³-hybridized carbons (Fsp3) is 0.619. The molecular weight excluding hydrogens is 362 g/mol. The number of halogens is 1. The van der Waals surface area contributed by atoms with E-state index in [2.05, 4.69) is 17.6 Å². The molecule has 1 spiro atoms. The number of hydrogen-bond acceptors (Lipinski definition) is 3. The van der Waals surface area contributed by atoms with Crippen LogP contribution in [0.25, 0.3) is 0 Å². The number of likely N-dealkylation sites (tertiary alicyclic amines) is 1. The molecule has 1 fully saturated rings. The van der Waals surface area contributed by atoms with E-state index in [0.29, 0.717) is 42.9 Å². The van der Waals surface area contributed by atoms with Crippen molar-refractivity contribution in [1.29, 1.82) is 0 Å². The van der Waals surface area contributed by atoms with Gasteiger partial charge in [0.15, 0.2) is 0 Å². The number of nitrogens with zero attached hydrogens (tertiary/aromatic N) is 1. The molecule has 5 nitrogen and oxygen atoms in total. The molecule has 1 aromatic carbocycles. The number of carbonyl (C=O) groups excluding carboxylic acids is 2. The van der Waals surface area contributed by atoms with Gasteiger partial charge in [-0.05, 0) is 18.6 Å². The highest BCUT2D eigenvalue weighted by Gasteiger charge is 2.41. The molecule has 148 valence electrons. The highest BCUT2D eigenvalue weighted by Crippen LogP contribution is 2.34. The topological polar surface area (TPSA) is 61.4 Å². The molecule has 1 saturated heterocycles. The predicted octanol–water partition coefficient (Wildman–Crippen LogP) is 4.56. The minimum Gasteiger partial charge on any atom is -0.362 e. The molecule has 0 radical (unpaired) electrons. The maximum absolute atomic E-state index is 12.5. The van der Waals surface area contributed by atoms with E-state index in [1.807, 2.05) is 17.0 Å². The summed E-state index contributed by atoms with van der Waals surface area (Å²) in [5.74, 6) is 0.104. The Hall–Kier alpha value is -1.75. The van der Waals surface area contributed by atoms with Gasteiger partial charge in [0.05, 0.1) is 16.3 Å². The zero-order chi connectivity index (χ0) is 19.3. The second kappa shape index (κ2) is 8.96. The molecule has 2 aliphatic rings. The first kappa shape index (κ1) is 20.0. The van der Waals surface area contributed by atoms with Crippen LogP contribution >= 0.6 is 11.6 Å². The molecule has 2 aliphatic heterocycles. The van der Waals surface area contributed by atoms with E-state index in [0.717, 1.165) is 18.5 Å². The molecule has 0 atom stereocenters. The summed E-state index contributed by atoms with van der Waals surface area (Å²) in [5.41, 5.74) is 0.801. The van der Waals surface area contributed by atoms with Crippen LogP contribution in [0.2, 0.25) is 5.02 Å². The van der Waals surface area contributed by atoms with Gasteiger partial charge in [0.2, 0.25) is 5.91 Å². The van der Waals surface area contributed by atoms with E-state index < -0.39 is 5.66 Å². The molecule has 2 heterocycles. The number of rotatable bonds is 7. The van der Waals surface area contributed by atoms with Gasteiger partial charge in [-0.1, -0.05) is 56.7 Å². The Morgan fingerprint density at radius 1 is 1.11 bits per heavy atom. The highest BCUT2D eigenvalue weighted by atomic mass is 35.5. The lowest BCUT2D eigenvalue weighted by molar-refractivity contribution is -0.132. The van der Waals surface area contributed by atoms with Crippen molar-refractivity contribution >= 4 is 29.1 Å². The van der Waals surface area contributed by atoms with Gasteiger partial charge in [-0.3, -0.25) is 9.59 Å². The van der Waals surface area contributed by atoms with Gasteiger partial charge in [0, 0.05) is 32.4 Å². The number of benzene rings is 1. The second-order valence-electron chi connectivity index (χ2n) is 7.72. The lowest BCUT2D eigenvalue weighted by atomic mass is 9.92. The Balaban J connectivity index is 1.49. The zero-order valence-electron chi connectivity index (χ0n) is 16.2. The summed E-state index contributed by atoms with van der Waals surface area (Å²) >= 11 is 6.16. The first-order valence-electron chi connectivity index (χ1n) is 10.2. The number of fused-ring (bicyclic) bond motifs is 1. The molecule has 2 N–H and O–H groups in total. The maximum atomic E-state index is 12.5. The molecule has 0 aliphatic carbocycles. The van der Waals surface area contributed by atoms with Crippen LogP contribution in [0.15, 0.2) is 18.2 Å². The average Bonchev–Trinajstić information content (AvgIpc) is 2.64. The summed E-state index contributed by atoms with van der Waals surface area (Å²) in [4.78, 5) is 26.9. The van der Waals surface area contributed by atoms with Crippen molar-refractivity contribution in [2.45, 2.75) is 70.4 Å². The van der Waals surface area contributed by atoms with E-state index >= 15 is 0 Å². The SMILES string of the molecule is CCCCCCCCC(=O)N1CCC2(CC1)NC(=O)c1c(Cl)cccc1N2. The van der Waals surface area contributed by atoms with Crippen molar-refractivity contribution in [2.75, 3.05) is 18.4 Å². The largest absolute Gasteiger partial charge is 0.362 e. The highest BCUT2D eigenvalue weighted by molar-refractivity contribution is 6.34. The first-order valence-corrected chi connectivity index (χ1v) is 10.6. The van der Waals surface area contributed by atoms with E-state index in [-0.39, 0.29) is 11.8 Å². The second-order valence-corrected chi connectivity index (χ2v) is 8.13. The smallest absolute Gasteiger partial charge is 0.256 e. The van der Waals surface area contributed by atoms with Gasteiger partial charge >= 0.3 is 0 Å². The van der Waals surface area contributed by atoms with Crippen molar-refractivity contribution in [3.05, 3.63) is 28.8 Å². The fourth-order valence-electron chi connectivity index (χ4n) is 4.03. The number of piperidine rings is 1. The summed E-state index contributed by atoms with van der Waals surface area (Å²) in [6.45, 7) is 3.54. The number of amides is 2. The van der Waals surface area contributed by atoms with Crippen LogP contribution in [0.1, 0.15) is 75.1 Å². The normalized spacial score (nSPS) is 18.0. The summed E-state index contributed by atoms with van der Waals surface area (Å²) in [6.07, 6.45) is 9.18. The number of anilines is 1. The summed E-state index contributed by atoms with van der Waals surface area (Å²) in [5, 5.41) is 7.01. The Morgan fingerprint density at radius 3 is 2.56 bits per heavy atom. The van der Waals surface area contributed by atoms with E-state index in [4.69, 9.17) is 11.6 Å². The summed E-state index contributed by atoms with van der Waals surface area (Å²) in [7, 11) is 0. The molecule has 0 saturated carbocycles. The minimum absolute atomic E-state index is 0.138. The molecule has 0 bridgehead atoms. The third-order valence-electron chi connectivity index (χ3n) is 5.68. The van der Waals surface area contributed by atoms with Crippen molar-refractivity contribution < 1.29 is 9.59 Å². The summed E-state index contributed by atoms with van der Waals surface area (Å²) in [6, 6.07) is 5.46. The van der Waals surface area contributed by atoms with Crippen LogP contribution in [0.5, 0.6) is 0 Å². The van der Waals surface area contributed by atoms with Crippen molar-refractivity contribution in [3.63, 3.8) is 0 Å².